The molecule has 4 amide bonds. The number of hydrogen-bond donors (Lipinski definition) is 2. The van der Waals surface area contributed by atoms with Gasteiger partial charge in [0.2, 0.25) is 29.6 Å². The fourth-order valence-corrected chi connectivity index (χ4v) is 9.79. The number of guanidine groups is 1. The number of amides is 4. The molecular formula is C47H51F2N11O5. The van der Waals surface area contributed by atoms with Crippen molar-refractivity contribution in [2.24, 2.45) is 23.9 Å². The molecule has 4 aromatic rings. The Bertz CT molecular complexity index is 2620. The van der Waals surface area contributed by atoms with Crippen molar-refractivity contribution in [1.82, 2.24) is 29.9 Å². The van der Waals surface area contributed by atoms with Crippen molar-refractivity contribution in [3.05, 3.63) is 82.7 Å². The average Bonchev–Trinajstić information content (AvgIpc) is 4.00. The van der Waals surface area contributed by atoms with Gasteiger partial charge in [-0.05, 0) is 80.5 Å². The second-order valence-corrected chi connectivity index (χ2v) is 17.8. The van der Waals surface area contributed by atoms with Gasteiger partial charge in [-0.15, -0.1) is 0 Å². The van der Waals surface area contributed by atoms with Crippen LogP contribution in [0.3, 0.4) is 0 Å². The van der Waals surface area contributed by atoms with E-state index in [1.807, 2.05) is 31.0 Å². The molecule has 2 aromatic heterocycles. The SMILES string of the molecule is Cc1cc2cc(n1)-c1cnn(C)c1OCCC[C@@H](C)CN1/C(=N/C2=O)Nc2ccc(CN3CCN(C(=O)[C@@H]4CCN(c5cc(F)c([C@H]6CCC(=O)NC6=O)c(F)c5)C4)C[C@H]3CC#N)cc21. The third-order valence-electron chi connectivity index (χ3n) is 13.2. The number of hydrogen-bond acceptors (Lipinski definition) is 12. The van der Waals surface area contributed by atoms with Crippen LogP contribution in [-0.4, -0.2) is 106 Å². The van der Waals surface area contributed by atoms with Gasteiger partial charge >= 0.3 is 0 Å². The number of carbonyl (C=O) groups is 4. The Labute approximate surface area is 375 Å². The zero-order chi connectivity index (χ0) is 45.5. The van der Waals surface area contributed by atoms with Crippen LogP contribution in [0.4, 0.5) is 25.8 Å². The van der Waals surface area contributed by atoms with E-state index >= 15 is 8.78 Å². The molecule has 0 radical (unpaired) electrons. The molecule has 0 aliphatic carbocycles. The van der Waals surface area contributed by atoms with Crippen molar-refractivity contribution in [1.29, 1.82) is 5.26 Å². The number of imide groups is 1. The van der Waals surface area contributed by atoms with Crippen molar-refractivity contribution < 1.29 is 32.7 Å². The summed E-state index contributed by atoms with van der Waals surface area (Å²) in [5.74, 6) is -3.61. The first-order valence-electron chi connectivity index (χ1n) is 22.2. The summed E-state index contributed by atoms with van der Waals surface area (Å²) in [6.45, 7) is 7.69. The molecule has 65 heavy (non-hydrogen) atoms. The molecule has 4 atom stereocenters. The summed E-state index contributed by atoms with van der Waals surface area (Å²) in [5, 5.41) is 19.9. The van der Waals surface area contributed by atoms with Crippen LogP contribution in [0, 0.1) is 41.7 Å². The number of nitrogens with one attached hydrogen (secondary N) is 2. The van der Waals surface area contributed by atoms with Gasteiger partial charge < -0.3 is 24.8 Å². The van der Waals surface area contributed by atoms with Crippen LogP contribution in [0.1, 0.15) is 78.5 Å². The highest BCUT2D eigenvalue weighted by molar-refractivity contribution is 6.19. The van der Waals surface area contributed by atoms with Crippen molar-refractivity contribution in [2.75, 3.05) is 61.0 Å². The van der Waals surface area contributed by atoms with Crippen LogP contribution in [0.15, 0.2) is 53.7 Å². The fourth-order valence-electron chi connectivity index (χ4n) is 9.79. The standard InChI is InChI=1S/C47H51F2N11O5/c1-27-5-4-16-65-46-35(22-51-56(46)3)39-19-31(17-28(2)52-39)43(62)55-47-53-38-8-6-29(18-40(38)60(47)23-27)24-58-14-15-59(26-32(58)10-12-50)45(64)30-11-13-57(25-30)33-20-36(48)42(37(49)21-33)34-7-9-41(61)54-44(34)63/h6,8,17-22,27,30,32,34H,4-5,7,9-11,13-16,23-26H2,1-3H3,(H,53,55,62)(H,54,61,63)/t27-,30-,32-,34-/m1/s1. The van der Waals surface area contributed by atoms with E-state index in [2.05, 4.69) is 49.6 Å². The van der Waals surface area contributed by atoms with E-state index in [0.717, 1.165) is 29.8 Å². The lowest BCUT2D eigenvalue weighted by Crippen LogP contribution is -2.55. The summed E-state index contributed by atoms with van der Waals surface area (Å²) >= 11 is 0. The lowest BCUT2D eigenvalue weighted by Gasteiger charge is -2.41. The number of piperidine rings is 1. The molecule has 18 heteroatoms. The topological polar surface area (TPSA) is 181 Å². The molecule has 16 nitrogen and oxygen atoms in total. The smallest absolute Gasteiger partial charge is 0.280 e. The van der Waals surface area contributed by atoms with E-state index in [1.54, 1.807) is 27.9 Å². The first-order chi connectivity index (χ1) is 31.3. The van der Waals surface area contributed by atoms with Gasteiger partial charge in [0.05, 0.1) is 59.8 Å². The predicted octanol–water partition coefficient (Wildman–Crippen LogP) is 5.28. The summed E-state index contributed by atoms with van der Waals surface area (Å²) in [6, 6.07) is 14.1. The number of anilines is 3. The van der Waals surface area contributed by atoms with Gasteiger partial charge in [0.25, 0.3) is 5.91 Å². The number of nitriles is 1. The third kappa shape index (κ3) is 8.89. The van der Waals surface area contributed by atoms with E-state index in [1.165, 1.54) is 12.1 Å². The minimum absolute atomic E-state index is 0.00255. The lowest BCUT2D eigenvalue weighted by molar-refractivity contribution is -0.138. The third-order valence-corrected chi connectivity index (χ3v) is 13.2. The normalized spacial score (nSPS) is 23.5. The number of pyridine rings is 1. The summed E-state index contributed by atoms with van der Waals surface area (Å²) < 4.78 is 38.7. The van der Waals surface area contributed by atoms with Crippen LogP contribution in [-0.2, 0) is 28.0 Å². The van der Waals surface area contributed by atoms with Gasteiger partial charge in [0.1, 0.15) is 11.6 Å². The molecule has 5 aliphatic rings. The first kappa shape index (κ1) is 43.5. The molecule has 7 heterocycles. The highest BCUT2D eigenvalue weighted by Gasteiger charge is 2.38. The van der Waals surface area contributed by atoms with Gasteiger partial charge in [-0.1, -0.05) is 13.0 Å². The largest absolute Gasteiger partial charge is 0.477 e. The molecule has 2 aromatic carbocycles. The molecule has 5 aliphatic heterocycles. The highest BCUT2D eigenvalue weighted by Crippen LogP contribution is 2.38. The van der Waals surface area contributed by atoms with E-state index in [-0.39, 0.29) is 54.9 Å². The van der Waals surface area contributed by atoms with E-state index in [0.29, 0.717) is 86.7 Å². The minimum Gasteiger partial charge on any atom is -0.477 e. The summed E-state index contributed by atoms with van der Waals surface area (Å²) in [4.78, 5) is 69.1. The maximum Gasteiger partial charge on any atom is 0.280 e. The van der Waals surface area contributed by atoms with Crippen LogP contribution < -0.4 is 25.2 Å². The molecule has 0 saturated carbocycles. The maximum absolute atomic E-state index is 15.4. The monoisotopic (exact) mass is 887 g/mol. The Morgan fingerprint density at radius 1 is 0.985 bits per heavy atom. The highest BCUT2D eigenvalue weighted by atomic mass is 19.1. The summed E-state index contributed by atoms with van der Waals surface area (Å²) in [7, 11) is 1.82. The van der Waals surface area contributed by atoms with Gasteiger partial charge in [0.15, 0.2) is 0 Å². The number of piperazine rings is 1. The number of benzene rings is 2. The van der Waals surface area contributed by atoms with Gasteiger partial charge in [-0.25, -0.2) is 13.5 Å². The van der Waals surface area contributed by atoms with Crippen LogP contribution in [0.5, 0.6) is 5.88 Å². The fraction of sp³-hybridized carbons (Fsp3) is 0.447. The van der Waals surface area contributed by atoms with Gasteiger partial charge in [-0.3, -0.25) is 34.4 Å². The van der Waals surface area contributed by atoms with E-state index in [9.17, 15) is 24.4 Å². The van der Waals surface area contributed by atoms with Gasteiger partial charge in [0, 0.05) is 87.8 Å². The van der Waals surface area contributed by atoms with Crippen LogP contribution in [0.25, 0.3) is 11.3 Å². The predicted molar refractivity (Wildman–Crippen MR) is 237 cm³/mol. The Morgan fingerprint density at radius 3 is 2.58 bits per heavy atom. The van der Waals surface area contributed by atoms with Crippen LogP contribution in [0.2, 0.25) is 0 Å². The average molecular weight is 888 g/mol. The maximum atomic E-state index is 15.4. The number of ether oxygens (including phenoxy) is 1. The van der Waals surface area contributed by atoms with Crippen LogP contribution >= 0.6 is 0 Å². The number of aromatic nitrogens is 3. The molecule has 3 saturated heterocycles. The Morgan fingerprint density at radius 2 is 1.80 bits per heavy atom. The second kappa shape index (κ2) is 18.0. The van der Waals surface area contributed by atoms with Crippen molar-refractivity contribution in [2.45, 2.75) is 70.9 Å². The lowest BCUT2D eigenvalue weighted by atomic mass is 9.89. The van der Waals surface area contributed by atoms with E-state index < -0.39 is 41.2 Å². The Kier molecular flexibility index (Phi) is 12.1. The van der Waals surface area contributed by atoms with Crippen molar-refractivity contribution in [3.63, 3.8) is 0 Å². The number of halogens is 2. The molecule has 2 N–H and O–H groups in total. The molecule has 0 unspecified atom stereocenters. The molecule has 3 fully saturated rings. The van der Waals surface area contributed by atoms with Crippen molar-refractivity contribution >= 4 is 46.7 Å². The number of aliphatic imine (C=N–C) groups is 1. The Hall–Kier alpha value is -6.74. The summed E-state index contributed by atoms with van der Waals surface area (Å²) in [6.07, 6.45) is 4.11. The van der Waals surface area contributed by atoms with Crippen molar-refractivity contribution in [3.8, 4) is 23.2 Å². The zero-order valence-corrected chi connectivity index (χ0v) is 36.6. The number of aryl methyl sites for hydroxylation is 2. The second-order valence-electron chi connectivity index (χ2n) is 17.8. The minimum atomic E-state index is -1.09. The number of carbonyl (C=O) groups excluding carboxylic acids is 4. The molecule has 2 bridgehead atoms. The number of rotatable bonds is 6. The Balaban J connectivity index is 0.879. The molecular weight excluding hydrogens is 837 g/mol. The summed E-state index contributed by atoms with van der Waals surface area (Å²) in [5.41, 5.74) is 5.01. The molecule has 9 rings (SSSR count). The van der Waals surface area contributed by atoms with Gasteiger partial charge in [-0.2, -0.15) is 15.4 Å². The zero-order valence-electron chi connectivity index (χ0n) is 36.6. The number of fused-ring (bicyclic) bond motifs is 7. The first-order valence-corrected chi connectivity index (χ1v) is 22.2. The quantitative estimate of drug-likeness (QED) is 0.240. The molecule has 0 spiro atoms. The molecule has 338 valence electrons. The number of nitrogens with zero attached hydrogens (tertiary/aromatic N) is 9. The van der Waals surface area contributed by atoms with E-state index in [4.69, 9.17) is 9.72 Å².